The molecular formula is C25H25BrN2O5. The van der Waals surface area contributed by atoms with Crippen LogP contribution in [-0.4, -0.2) is 30.3 Å². The van der Waals surface area contributed by atoms with Crippen LogP contribution in [0.3, 0.4) is 0 Å². The highest BCUT2D eigenvalue weighted by Gasteiger charge is 2.48. The van der Waals surface area contributed by atoms with Crippen LogP contribution in [0.2, 0.25) is 0 Å². The van der Waals surface area contributed by atoms with Gasteiger partial charge in [-0.25, -0.2) is 4.79 Å². The average molecular weight is 513 g/mol. The highest BCUT2D eigenvalue weighted by molar-refractivity contribution is 9.10. The van der Waals surface area contributed by atoms with Crippen LogP contribution in [-0.2, 0) is 19.1 Å². The topological polar surface area (TPSA) is 92.8 Å². The van der Waals surface area contributed by atoms with Crippen molar-refractivity contribution in [3.8, 4) is 0 Å². The SMILES string of the molecule is Cc1c(Br)ccc(NC(=O)COC(=O)c2cccc(N3C(=O)[C@@H]4CCCC[C@H]4C3=O)c2)c1C. The number of esters is 1. The summed E-state index contributed by atoms with van der Waals surface area (Å²) < 4.78 is 6.12. The summed E-state index contributed by atoms with van der Waals surface area (Å²) in [7, 11) is 0. The van der Waals surface area contributed by atoms with Gasteiger partial charge in [-0.1, -0.05) is 34.8 Å². The summed E-state index contributed by atoms with van der Waals surface area (Å²) in [5.41, 5.74) is 3.10. The largest absolute Gasteiger partial charge is 0.452 e. The summed E-state index contributed by atoms with van der Waals surface area (Å²) in [6.07, 6.45) is 3.34. The normalized spacial score (nSPS) is 19.9. The molecule has 0 aromatic heterocycles. The Morgan fingerprint density at radius 2 is 1.70 bits per heavy atom. The molecule has 2 aromatic carbocycles. The molecule has 0 spiro atoms. The Labute approximate surface area is 200 Å². The zero-order valence-corrected chi connectivity index (χ0v) is 20.1. The van der Waals surface area contributed by atoms with E-state index in [9.17, 15) is 19.2 Å². The molecule has 1 saturated carbocycles. The molecule has 3 amide bonds. The summed E-state index contributed by atoms with van der Waals surface area (Å²) in [5.74, 6) is -2.09. The zero-order valence-electron chi connectivity index (χ0n) is 18.5. The van der Waals surface area contributed by atoms with E-state index in [2.05, 4.69) is 21.2 Å². The van der Waals surface area contributed by atoms with E-state index in [1.54, 1.807) is 18.2 Å². The number of carbonyl (C=O) groups is 4. The van der Waals surface area contributed by atoms with E-state index in [0.717, 1.165) is 41.3 Å². The summed E-state index contributed by atoms with van der Waals surface area (Å²) >= 11 is 3.45. The number of imide groups is 1. The molecule has 4 rings (SSSR count). The lowest BCUT2D eigenvalue weighted by atomic mass is 9.81. The number of ether oxygens (including phenoxy) is 1. The maximum atomic E-state index is 12.8. The number of benzene rings is 2. The Hall–Kier alpha value is -3.00. The molecule has 2 aliphatic rings. The molecule has 0 bridgehead atoms. The standard InChI is InChI=1S/C25H25BrN2O5/c1-14-15(2)21(11-10-20(14)26)27-22(29)13-33-25(32)16-6-5-7-17(12-16)28-23(30)18-8-3-4-9-19(18)24(28)31/h5-7,10-12,18-19H,3-4,8-9,13H2,1-2H3,(H,27,29)/t18-,19-/m1/s1. The Morgan fingerprint density at radius 1 is 1.03 bits per heavy atom. The third-order valence-corrected chi connectivity index (χ3v) is 7.37. The molecule has 7 nitrogen and oxygen atoms in total. The Morgan fingerprint density at radius 3 is 2.36 bits per heavy atom. The van der Waals surface area contributed by atoms with Gasteiger partial charge >= 0.3 is 5.97 Å². The van der Waals surface area contributed by atoms with Crippen molar-refractivity contribution in [2.24, 2.45) is 11.8 Å². The van der Waals surface area contributed by atoms with E-state index < -0.39 is 18.5 Å². The van der Waals surface area contributed by atoms with Gasteiger partial charge in [0.05, 0.1) is 23.1 Å². The fraction of sp³-hybridized carbons (Fsp3) is 0.360. The van der Waals surface area contributed by atoms with Crippen molar-refractivity contribution < 1.29 is 23.9 Å². The number of amides is 3. The van der Waals surface area contributed by atoms with Crippen molar-refractivity contribution in [1.29, 1.82) is 0 Å². The predicted molar refractivity (Wildman–Crippen MR) is 127 cm³/mol. The quantitative estimate of drug-likeness (QED) is 0.468. The van der Waals surface area contributed by atoms with Gasteiger partial charge in [0.15, 0.2) is 6.61 Å². The molecule has 2 aromatic rings. The number of carbonyl (C=O) groups excluding carboxylic acids is 4. The van der Waals surface area contributed by atoms with E-state index in [1.165, 1.54) is 17.0 Å². The minimum atomic E-state index is -0.702. The van der Waals surface area contributed by atoms with Gasteiger partial charge in [0.1, 0.15) is 0 Å². The number of fused-ring (bicyclic) bond motifs is 1. The van der Waals surface area contributed by atoms with Crippen LogP contribution in [0.4, 0.5) is 11.4 Å². The van der Waals surface area contributed by atoms with Gasteiger partial charge in [-0.05, 0) is 68.1 Å². The van der Waals surface area contributed by atoms with E-state index in [-0.39, 0.29) is 29.2 Å². The molecule has 1 saturated heterocycles. The summed E-state index contributed by atoms with van der Waals surface area (Å²) in [6, 6.07) is 9.85. The van der Waals surface area contributed by atoms with Crippen LogP contribution in [0, 0.1) is 25.7 Å². The smallest absolute Gasteiger partial charge is 0.338 e. The first-order valence-corrected chi connectivity index (χ1v) is 11.8. The highest BCUT2D eigenvalue weighted by atomic mass is 79.9. The minimum absolute atomic E-state index is 0.173. The van der Waals surface area contributed by atoms with Gasteiger partial charge in [-0.15, -0.1) is 0 Å². The molecule has 33 heavy (non-hydrogen) atoms. The maximum absolute atomic E-state index is 12.8. The fourth-order valence-electron chi connectivity index (χ4n) is 4.51. The maximum Gasteiger partial charge on any atom is 0.338 e. The summed E-state index contributed by atoms with van der Waals surface area (Å²) in [5, 5.41) is 2.75. The fourth-order valence-corrected chi connectivity index (χ4v) is 4.94. The molecule has 2 fully saturated rings. The van der Waals surface area contributed by atoms with Gasteiger partial charge < -0.3 is 10.1 Å². The van der Waals surface area contributed by atoms with Gasteiger partial charge in [0, 0.05) is 10.2 Å². The first-order valence-electron chi connectivity index (χ1n) is 11.0. The van der Waals surface area contributed by atoms with Crippen molar-refractivity contribution in [1.82, 2.24) is 0 Å². The second kappa shape index (κ2) is 9.47. The van der Waals surface area contributed by atoms with E-state index >= 15 is 0 Å². The lowest BCUT2D eigenvalue weighted by Crippen LogP contribution is -2.31. The number of nitrogens with one attached hydrogen (secondary N) is 1. The molecule has 1 aliphatic heterocycles. The molecule has 1 aliphatic carbocycles. The van der Waals surface area contributed by atoms with Gasteiger partial charge in [-0.3, -0.25) is 19.3 Å². The van der Waals surface area contributed by atoms with Crippen LogP contribution < -0.4 is 10.2 Å². The second-order valence-electron chi connectivity index (χ2n) is 8.53. The zero-order chi connectivity index (χ0) is 23.7. The van der Waals surface area contributed by atoms with Crippen LogP contribution in [0.15, 0.2) is 40.9 Å². The third kappa shape index (κ3) is 4.57. The number of rotatable bonds is 5. The molecule has 1 heterocycles. The van der Waals surface area contributed by atoms with Crippen LogP contribution in [0.25, 0.3) is 0 Å². The number of halogens is 1. The van der Waals surface area contributed by atoms with Crippen LogP contribution in [0.1, 0.15) is 47.2 Å². The van der Waals surface area contributed by atoms with Crippen LogP contribution in [0.5, 0.6) is 0 Å². The molecule has 1 N–H and O–H groups in total. The van der Waals surface area contributed by atoms with E-state index in [4.69, 9.17) is 4.74 Å². The molecule has 8 heteroatoms. The number of nitrogens with zero attached hydrogens (tertiary/aromatic N) is 1. The average Bonchev–Trinajstić information content (AvgIpc) is 3.08. The van der Waals surface area contributed by atoms with Gasteiger partial charge in [0.2, 0.25) is 11.8 Å². The summed E-state index contributed by atoms with van der Waals surface area (Å²) in [6.45, 7) is 3.38. The Balaban J connectivity index is 1.41. The first kappa shape index (κ1) is 23.2. The molecule has 172 valence electrons. The van der Waals surface area contributed by atoms with E-state index in [0.29, 0.717) is 11.4 Å². The molecule has 0 radical (unpaired) electrons. The second-order valence-corrected chi connectivity index (χ2v) is 9.38. The lowest BCUT2D eigenvalue weighted by Gasteiger charge is -2.19. The van der Waals surface area contributed by atoms with Crippen molar-refractivity contribution in [2.45, 2.75) is 39.5 Å². The first-order chi connectivity index (χ1) is 15.8. The summed E-state index contributed by atoms with van der Waals surface area (Å²) in [4.78, 5) is 51.7. The highest BCUT2D eigenvalue weighted by Crippen LogP contribution is 2.40. The number of hydrogen-bond acceptors (Lipinski definition) is 5. The Bertz CT molecular complexity index is 1120. The minimum Gasteiger partial charge on any atom is -0.452 e. The van der Waals surface area contributed by atoms with E-state index in [1.807, 2.05) is 19.9 Å². The third-order valence-electron chi connectivity index (χ3n) is 6.51. The lowest BCUT2D eigenvalue weighted by molar-refractivity contribution is -0.122. The van der Waals surface area contributed by atoms with Crippen molar-refractivity contribution in [3.63, 3.8) is 0 Å². The van der Waals surface area contributed by atoms with Crippen molar-refractivity contribution >= 4 is 51.0 Å². The Kier molecular flexibility index (Phi) is 6.65. The van der Waals surface area contributed by atoms with Gasteiger partial charge in [-0.2, -0.15) is 0 Å². The van der Waals surface area contributed by atoms with Crippen LogP contribution >= 0.6 is 15.9 Å². The number of hydrogen-bond donors (Lipinski definition) is 1. The predicted octanol–water partition coefficient (Wildman–Crippen LogP) is 4.54. The van der Waals surface area contributed by atoms with Gasteiger partial charge in [0.25, 0.3) is 5.91 Å². The monoisotopic (exact) mass is 512 g/mol. The van der Waals surface area contributed by atoms with Crippen molar-refractivity contribution in [3.05, 3.63) is 57.6 Å². The molecular weight excluding hydrogens is 488 g/mol. The number of anilines is 2. The molecule has 0 unspecified atom stereocenters. The van der Waals surface area contributed by atoms with Crippen molar-refractivity contribution in [2.75, 3.05) is 16.8 Å². The molecule has 2 atom stereocenters.